The highest BCUT2D eigenvalue weighted by molar-refractivity contribution is 5.41. The highest BCUT2D eigenvalue weighted by atomic mass is 16.5. The van der Waals surface area contributed by atoms with Gasteiger partial charge in [0, 0.05) is 51.0 Å². The van der Waals surface area contributed by atoms with Gasteiger partial charge in [0.15, 0.2) is 0 Å². The topological polar surface area (TPSA) is 90.9 Å². The summed E-state index contributed by atoms with van der Waals surface area (Å²) in [5.41, 5.74) is 6.76. The van der Waals surface area contributed by atoms with Crippen LogP contribution in [0.2, 0.25) is 0 Å². The minimum Gasteiger partial charge on any atom is -0.381 e. The zero-order chi connectivity index (χ0) is 14.7. The first-order valence-electron chi connectivity index (χ1n) is 7.14. The van der Waals surface area contributed by atoms with Gasteiger partial charge in [-0.1, -0.05) is 0 Å². The fourth-order valence-electron chi connectivity index (χ4n) is 2.49. The van der Waals surface area contributed by atoms with Gasteiger partial charge in [-0.25, -0.2) is 9.97 Å². The summed E-state index contributed by atoms with van der Waals surface area (Å²) in [6.45, 7) is 2.25. The maximum atomic E-state index is 5.80. The molecule has 0 bridgehead atoms. The van der Waals surface area contributed by atoms with Crippen LogP contribution in [-0.4, -0.2) is 39.3 Å². The normalized spacial score (nSPS) is 18.0. The number of nitrogens with two attached hydrogens (primary N) is 1. The summed E-state index contributed by atoms with van der Waals surface area (Å²) < 4.78 is 7.41. The van der Waals surface area contributed by atoms with E-state index in [0.717, 1.165) is 43.3 Å². The molecule has 3 rings (SSSR count). The Morgan fingerprint density at radius 3 is 3.10 bits per heavy atom. The Labute approximate surface area is 123 Å². The Morgan fingerprint density at radius 2 is 2.38 bits per heavy atom. The molecule has 0 radical (unpaired) electrons. The van der Waals surface area contributed by atoms with Crippen molar-refractivity contribution in [1.29, 1.82) is 0 Å². The van der Waals surface area contributed by atoms with E-state index < -0.39 is 0 Å². The van der Waals surface area contributed by atoms with Crippen LogP contribution in [0.25, 0.3) is 0 Å². The molecule has 112 valence electrons. The second-order valence-corrected chi connectivity index (χ2v) is 5.23. The fourth-order valence-corrected chi connectivity index (χ4v) is 2.49. The molecule has 0 aliphatic carbocycles. The zero-order valence-corrected chi connectivity index (χ0v) is 12.1. The standard InChI is InChI=1S/C14H20N6O/c1-20-6-5-17-13(20)2-4-16-12-8-11(18-14(15)19-12)10-3-7-21-9-10/h5-6,8,10H,2-4,7,9H2,1H3,(H3,15,16,18,19)/t10-/m1/s1. The lowest BCUT2D eigenvalue weighted by molar-refractivity contribution is 0.193. The summed E-state index contributed by atoms with van der Waals surface area (Å²) in [4.78, 5) is 12.8. The largest absolute Gasteiger partial charge is 0.381 e. The molecule has 1 aliphatic heterocycles. The molecule has 0 spiro atoms. The first-order valence-corrected chi connectivity index (χ1v) is 7.14. The van der Waals surface area contributed by atoms with Crippen molar-refractivity contribution in [2.24, 2.45) is 7.05 Å². The van der Waals surface area contributed by atoms with Crippen LogP contribution in [0, 0.1) is 0 Å². The summed E-state index contributed by atoms with van der Waals surface area (Å²) in [6, 6.07) is 1.97. The first kappa shape index (κ1) is 13.8. The average Bonchev–Trinajstić information content (AvgIpc) is 3.10. The molecule has 1 atom stereocenters. The van der Waals surface area contributed by atoms with E-state index in [-0.39, 0.29) is 0 Å². The Morgan fingerprint density at radius 1 is 1.48 bits per heavy atom. The maximum Gasteiger partial charge on any atom is 0.222 e. The number of rotatable bonds is 5. The molecule has 2 aromatic heterocycles. The van der Waals surface area contributed by atoms with Gasteiger partial charge in [-0.15, -0.1) is 0 Å². The van der Waals surface area contributed by atoms with E-state index in [4.69, 9.17) is 10.5 Å². The quantitative estimate of drug-likeness (QED) is 0.851. The Hall–Kier alpha value is -2.15. The summed E-state index contributed by atoms with van der Waals surface area (Å²) in [5.74, 6) is 2.43. The molecule has 2 aromatic rings. The van der Waals surface area contributed by atoms with E-state index >= 15 is 0 Å². The van der Waals surface area contributed by atoms with Crippen molar-refractivity contribution in [1.82, 2.24) is 19.5 Å². The highest BCUT2D eigenvalue weighted by Crippen LogP contribution is 2.25. The minimum atomic E-state index is 0.305. The number of ether oxygens (including phenoxy) is 1. The van der Waals surface area contributed by atoms with Gasteiger partial charge in [0.1, 0.15) is 11.6 Å². The Bertz CT molecular complexity index is 605. The van der Waals surface area contributed by atoms with Gasteiger partial charge < -0.3 is 20.4 Å². The van der Waals surface area contributed by atoms with Crippen LogP contribution in [-0.2, 0) is 18.2 Å². The monoisotopic (exact) mass is 288 g/mol. The van der Waals surface area contributed by atoms with E-state index in [9.17, 15) is 0 Å². The zero-order valence-electron chi connectivity index (χ0n) is 12.1. The summed E-state index contributed by atoms with van der Waals surface area (Å²) in [6.07, 6.45) is 5.56. The molecule has 0 aromatic carbocycles. The molecule has 7 nitrogen and oxygen atoms in total. The van der Waals surface area contributed by atoms with Crippen LogP contribution in [0.15, 0.2) is 18.5 Å². The molecule has 1 fully saturated rings. The predicted molar refractivity (Wildman–Crippen MR) is 80.0 cm³/mol. The van der Waals surface area contributed by atoms with E-state index in [2.05, 4.69) is 20.3 Å². The number of nitrogens with one attached hydrogen (secondary N) is 1. The van der Waals surface area contributed by atoms with Crippen molar-refractivity contribution >= 4 is 11.8 Å². The second kappa shape index (κ2) is 6.09. The average molecular weight is 288 g/mol. The summed E-state index contributed by atoms with van der Waals surface area (Å²) in [5, 5.41) is 3.29. The highest BCUT2D eigenvalue weighted by Gasteiger charge is 2.20. The molecule has 1 aliphatic rings. The molecule has 0 unspecified atom stereocenters. The molecule has 7 heteroatoms. The van der Waals surface area contributed by atoms with Crippen LogP contribution >= 0.6 is 0 Å². The van der Waals surface area contributed by atoms with Crippen LogP contribution < -0.4 is 11.1 Å². The van der Waals surface area contributed by atoms with Crippen molar-refractivity contribution < 1.29 is 4.74 Å². The number of hydrogen-bond acceptors (Lipinski definition) is 6. The molecule has 1 saturated heterocycles. The molecule has 3 N–H and O–H groups in total. The Balaban J connectivity index is 1.63. The van der Waals surface area contributed by atoms with Gasteiger partial charge >= 0.3 is 0 Å². The smallest absolute Gasteiger partial charge is 0.222 e. The van der Waals surface area contributed by atoms with E-state index in [1.807, 2.05) is 23.9 Å². The maximum absolute atomic E-state index is 5.80. The lowest BCUT2D eigenvalue weighted by Gasteiger charge is -2.11. The lowest BCUT2D eigenvalue weighted by atomic mass is 10.0. The number of imidazole rings is 1. The summed E-state index contributed by atoms with van der Waals surface area (Å²) in [7, 11) is 1.99. The molecule has 3 heterocycles. The number of aryl methyl sites for hydroxylation is 1. The minimum absolute atomic E-state index is 0.305. The van der Waals surface area contributed by atoms with Crippen LogP contribution in [0.5, 0.6) is 0 Å². The number of hydrogen-bond donors (Lipinski definition) is 2. The molecular weight excluding hydrogens is 268 g/mol. The molecule has 0 saturated carbocycles. The molecule has 0 amide bonds. The van der Waals surface area contributed by atoms with Gasteiger partial charge in [0.05, 0.1) is 12.3 Å². The first-order chi connectivity index (χ1) is 10.2. The van der Waals surface area contributed by atoms with E-state index in [1.54, 1.807) is 6.20 Å². The Kier molecular flexibility index (Phi) is 4.01. The van der Waals surface area contributed by atoms with Gasteiger partial charge in [-0.05, 0) is 6.42 Å². The van der Waals surface area contributed by atoms with Crippen molar-refractivity contribution in [2.75, 3.05) is 30.8 Å². The van der Waals surface area contributed by atoms with E-state index in [1.165, 1.54) is 0 Å². The number of aromatic nitrogens is 4. The fraction of sp³-hybridized carbons (Fsp3) is 0.500. The SMILES string of the molecule is Cn1ccnc1CCNc1cc([C@@H]2CCOC2)nc(N)n1. The second-order valence-electron chi connectivity index (χ2n) is 5.23. The van der Waals surface area contributed by atoms with Gasteiger partial charge in [-0.3, -0.25) is 0 Å². The number of anilines is 2. The van der Waals surface area contributed by atoms with Crippen LogP contribution in [0.3, 0.4) is 0 Å². The van der Waals surface area contributed by atoms with Gasteiger partial charge in [-0.2, -0.15) is 4.98 Å². The third kappa shape index (κ3) is 3.30. The van der Waals surface area contributed by atoms with Gasteiger partial charge in [0.2, 0.25) is 5.95 Å². The predicted octanol–water partition coefficient (Wildman–Crippen LogP) is 0.951. The van der Waals surface area contributed by atoms with Crippen molar-refractivity contribution in [2.45, 2.75) is 18.8 Å². The van der Waals surface area contributed by atoms with Crippen LogP contribution in [0.4, 0.5) is 11.8 Å². The van der Waals surface area contributed by atoms with E-state index in [0.29, 0.717) is 18.5 Å². The summed E-state index contributed by atoms with van der Waals surface area (Å²) >= 11 is 0. The van der Waals surface area contributed by atoms with Crippen molar-refractivity contribution in [3.63, 3.8) is 0 Å². The third-order valence-electron chi connectivity index (χ3n) is 3.69. The van der Waals surface area contributed by atoms with Crippen LogP contribution in [0.1, 0.15) is 23.9 Å². The van der Waals surface area contributed by atoms with Crippen molar-refractivity contribution in [3.8, 4) is 0 Å². The molecular formula is C14H20N6O. The van der Waals surface area contributed by atoms with Crippen molar-refractivity contribution in [3.05, 3.63) is 30.0 Å². The lowest BCUT2D eigenvalue weighted by Crippen LogP contribution is -2.12. The van der Waals surface area contributed by atoms with Gasteiger partial charge in [0.25, 0.3) is 0 Å². The number of nitrogen functional groups attached to an aromatic ring is 1. The number of nitrogens with zero attached hydrogens (tertiary/aromatic N) is 4. The molecule has 21 heavy (non-hydrogen) atoms. The third-order valence-corrected chi connectivity index (χ3v) is 3.69.